The first kappa shape index (κ1) is 14.6. The van der Waals surface area contributed by atoms with Gasteiger partial charge in [0, 0.05) is 29.5 Å². The molecule has 0 radical (unpaired) electrons. The van der Waals surface area contributed by atoms with Crippen molar-refractivity contribution in [3.8, 4) is 0 Å². The average molecular weight is 317 g/mol. The Morgan fingerprint density at radius 1 is 1.30 bits per heavy atom. The minimum absolute atomic E-state index is 0.00635. The molecule has 0 amide bonds. The standard InChI is InChI=1S/C11H10ClFN4O2S/c12-8-4-7(6-14)10(13)9(5-8)20(18,19)17-11-15-2-1-3-16-11/h1-5H,6,14H2,(H,15,16,17). The second kappa shape index (κ2) is 5.70. The van der Waals surface area contributed by atoms with Gasteiger partial charge in [-0.2, -0.15) is 0 Å². The molecule has 1 heterocycles. The summed E-state index contributed by atoms with van der Waals surface area (Å²) in [5.41, 5.74) is 5.35. The SMILES string of the molecule is NCc1cc(Cl)cc(S(=O)(=O)Nc2ncccn2)c1F. The Morgan fingerprint density at radius 2 is 1.95 bits per heavy atom. The molecule has 9 heteroatoms. The van der Waals surface area contributed by atoms with Crippen molar-refractivity contribution in [2.75, 3.05) is 4.72 Å². The number of sulfonamides is 1. The quantitative estimate of drug-likeness (QED) is 0.891. The van der Waals surface area contributed by atoms with Crippen LogP contribution in [0, 0.1) is 5.82 Å². The molecule has 0 saturated carbocycles. The maximum atomic E-state index is 14.1. The highest BCUT2D eigenvalue weighted by Gasteiger charge is 2.23. The lowest BCUT2D eigenvalue weighted by Gasteiger charge is -2.10. The number of hydrogen-bond donors (Lipinski definition) is 2. The van der Waals surface area contributed by atoms with E-state index in [2.05, 4.69) is 14.7 Å². The third kappa shape index (κ3) is 3.03. The minimum Gasteiger partial charge on any atom is -0.326 e. The molecule has 0 aliphatic carbocycles. The molecule has 6 nitrogen and oxygen atoms in total. The van der Waals surface area contributed by atoms with Crippen molar-refractivity contribution in [1.82, 2.24) is 9.97 Å². The molecule has 1 aromatic heterocycles. The van der Waals surface area contributed by atoms with Crippen molar-refractivity contribution < 1.29 is 12.8 Å². The first-order valence-corrected chi connectivity index (χ1v) is 7.28. The van der Waals surface area contributed by atoms with E-state index in [1.54, 1.807) is 0 Å². The molecule has 1 aromatic carbocycles. The van der Waals surface area contributed by atoms with Crippen molar-refractivity contribution in [1.29, 1.82) is 0 Å². The van der Waals surface area contributed by atoms with E-state index in [-0.39, 0.29) is 23.1 Å². The van der Waals surface area contributed by atoms with Crippen LogP contribution in [0.3, 0.4) is 0 Å². The lowest BCUT2D eigenvalue weighted by molar-refractivity contribution is 0.560. The van der Waals surface area contributed by atoms with E-state index < -0.39 is 20.7 Å². The Morgan fingerprint density at radius 3 is 2.55 bits per heavy atom. The summed E-state index contributed by atoms with van der Waals surface area (Å²) in [5.74, 6) is -1.11. The van der Waals surface area contributed by atoms with Crippen molar-refractivity contribution in [3.63, 3.8) is 0 Å². The molecule has 0 spiro atoms. The van der Waals surface area contributed by atoms with Gasteiger partial charge in [0.05, 0.1) is 0 Å². The van der Waals surface area contributed by atoms with E-state index in [1.807, 2.05) is 0 Å². The van der Waals surface area contributed by atoms with Crippen molar-refractivity contribution >= 4 is 27.6 Å². The summed E-state index contributed by atoms with van der Waals surface area (Å²) in [6.07, 6.45) is 2.70. The molecule has 0 atom stereocenters. The first-order chi connectivity index (χ1) is 9.44. The molecule has 0 aliphatic heterocycles. The Balaban J connectivity index is 2.47. The van der Waals surface area contributed by atoms with Gasteiger partial charge < -0.3 is 5.73 Å². The lowest BCUT2D eigenvalue weighted by Crippen LogP contribution is -2.17. The Hall–Kier alpha value is -1.77. The number of nitrogens with zero attached hydrogens (tertiary/aromatic N) is 2. The Labute approximate surface area is 119 Å². The maximum Gasteiger partial charge on any atom is 0.267 e. The van der Waals surface area contributed by atoms with E-state index in [9.17, 15) is 12.8 Å². The highest BCUT2D eigenvalue weighted by atomic mass is 35.5. The summed E-state index contributed by atoms with van der Waals surface area (Å²) < 4.78 is 40.3. The van der Waals surface area contributed by atoms with Crippen molar-refractivity contribution in [3.05, 3.63) is 47.0 Å². The molecule has 0 bridgehead atoms. The maximum absolute atomic E-state index is 14.1. The monoisotopic (exact) mass is 316 g/mol. The van der Waals surface area contributed by atoms with Gasteiger partial charge in [-0.05, 0) is 18.2 Å². The van der Waals surface area contributed by atoms with Gasteiger partial charge in [-0.15, -0.1) is 0 Å². The van der Waals surface area contributed by atoms with E-state index >= 15 is 0 Å². The lowest BCUT2D eigenvalue weighted by atomic mass is 10.2. The van der Waals surface area contributed by atoms with Crippen LogP contribution in [0.2, 0.25) is 5.02 Å². The van der Waals surface area contributed by atoms with Gasteiger partial charge in [0.25, 0.3) is 10.0 Å². The van der Waals surface area contributed by atoms with Gasteiger partial charge in [-0.3, -0.25) is 0 Å². The van der Waals surface area contributed by atoms with E-state index in [0.29, 0.717) is 0 Å². The number of rotatable bonds is 4. The molecule has 0 fully saturated rings. The van der Waals surface area contributed by atoms with Crippen LogP contribution in [0.1, 0.15) is 5.56 Å². The number of halogens is 2. The third-order valence-corrected chi connectivity index (χ3v) is 3.93. The largest absolute Gasteiger partial charge is 0.326 e. The van der Waals surface area contributed by atoms with Crippen LogP contribution in [-0.4, -0.2) is 18.4 Å². The zero-order valence-corrected chi connectivity index (χ0v) is 11.6. The summed E-state index contributed by atoms with van der Waals surface area (Å²) >= 11 is 5.76. The third-order valence-electron chi connectivity index (χ3n) is 2.38. The predicted octanol–water partition coefficient (Wildman–Crippen LogP) is 1.53. The van der Waals surface area contributed by atoms with Crippen LogP contribution in [0.15, 0.2) is 35.5 Å². The minimum atomic E-state index is -4.19. The van der Waals surface area contributed by atoms with Gasteiger partial charge in [0.1, 0.15) is 10.7 Å². The van der Waals surface area contributed by atoms with Crippen molar-refractivity contribution in [2.45, 2.75) is 11.4 Å². The number of hydrogen-bond acceptors (Lipinski definition) is 5. The number of nitrogens with two attached hydrogens (primary N) is 1. The fraction of sp³-hybridized carbons (Fsp3) is 0.0909. The van der Waals surface area contributed by atoms with Crippen LogP contribution in [-0.2, 0) is 16.6 Å². The highest BCUT2D eigenvalue weighted by molar-refractivity contribution is 7.92. The molecular formula is C11H10ClFN4O2S. The van der Waals surface area contributed by atoms with Crippen LogP contribution >= 0.6 is 11.6 Å². The summed E-state index contributed by atoms with van der Waals surface area (Å²) in [7, 11) is -4.19. The fourth-order valence-electron chi connectivity index (χ4n) is 1.49. The van der Waals surface area contributed by atoms with Gasteiger partial charge in [-0.1, -0.05) is 11.6 Å². The van der Waals surface area contributed by atoms with Crippen LogP contribution < -0.4 is 10.5 Å². The molecule has 2 aromatic rings. The molecular weight excluding hydrogens is 307 g/mol. The fourth-order valence-corrected chi connectivity index (χ4v) is 2.90. The molecule has 0 saturated heterocycles. The Kier molecular flexibility index (Phi) is 4.17. The zero-order valence-electron chi connectivity index (χ0n) is 10.0. The normalized spacial score (nSPS) is 11.3. The molecule has 2 rings (SSSR count). The van der Waals surface area contributed by atoms with Gasteiger partial charge in [0.2, 0.25) is 5.95 Å². The van der Waals surface area contributed by atoms with Crippen molar-refractivity contribution in [2.24, 2.45) is 5.73 Å². The van der Waals surface area contributed by atoms with Gasteiger partial charge >= 0.3 is 0 Å². The van der Waals surface area contributed by atoms with Crippen LogP contribution in [0.25, 0.3) is 0 Å². The summed E-state index contributed by atoms with van der Waals surface area (Å²) in [6.45, 7) is -0.170. The van der Waals surface area contributed by atoms with E-state index in [4.69, 9.17) is 17.3 Å². The summed E-state index contributed by atoms with van der Waals surface area (Å²) in [5, 5.41) is 0.0706. The van der Waals surface area contributed by atoms with E-state index in [1.165, 1.54) is 24.5 Å². The zero-order chi connectivity index (χ0) is 14.8. The van der Waals surface area contributed by atoms with Crippen LogP contribution in [0.4, 0.5) is 10.3 Å². The molecule has 20 heavy (non-hydrogen) atoms. The molecule has 0 aliphatic rings. The predicted molar refractivity (Wildman–Crippen MR) is 72.1 cm³/mol. The summed E-state index contributed by atoms with van der Waals surface area (Å²) in [4.78, 5) is 6.81. The Bertz CT molecular complexity index is 725. The van der Waals surface area contributed by atoms with Crippen LogP contribution in [0.5, 0.6) is 0 Å². The molecule has 3 N–H and O–H groups in total. The second-order valence-electron chi connectivity index (χ2n) is 3.76. The number of nitrogens with one attached hydrogen (secondary N) is 1. The van der Waals surface area contributed by atoms with E-state index in [0.717, 1.165) is 6.07 Å². The molecule has 106 valence electrons. The number of benzene rings is 1. The highest BCUT2D eigenvalue weighted by Crippen LogP contribution is 2.24. The van der Waals surface area contributed by atoms with Gasteiger partial charge in [-0.25, -0.2) is 27.5 Å². The first-order valence-electron chi connectivity index (χ1n) is 5.42. The molecule has 0 unspecified atom stereocenters. The summed E-state index contributed by atoms with van der Waals surface area (Å²) in [6, 6.07) is 3.79. The number of anilines is 1. The van der Waals surface area contributed by atoms with Gasteiger partial charge in [0.15, 0.2) is 0 Å². The smallest absolute Gasteiger partial charge is 0.267 e. The number of aromatic nitrogens is 2. The average Bonchev–Trinajstić information content (AvgIpc) is 2.41. The topological polar surface area (TPSA) is 98.0 Å². The second-order valence-corrected chi connectivity index (χ2v) is 5.85.